The minimum Gasteiger partial charge on any atom is -0.480 e. The molecular weight excluding hydrogens is 260 g/mol. The molecule has 1 fully saturated rings. The van der Waals surface area contributed by atoms with Crippen LogP contribution in [0.3, 0.4) is 0 Å². The molecule has 4 N–H and O–H groups in total. The monoisotopic (exact) mass is 286 g/mol. The van der Waals surface area contributed by atoms with E-state index < -0.39 is 18.0 Å². The molecule has 116 valence electrons. The van der Waals surface area contributed by atoms with Crippen LogP contribution in [-0.2, 0) is 4.79 Å². The maximum Gasteiger partial charge on any atom is 0.326 e. The first-order chi connectivity index (χ1) is 9.63. The molecule has 1 aliphatic heterocycles. The number of nitrogens with zero attached hydrogens (tertiary/aromatic N) is 1. The van der Waals surface area contributed by atoms with Gasteiger partial charge >= 0.3 is 12.0 Å². The number of carboxylic acid groups (broad SMARTS) is 1. The standard InChI is InChI=1S/C13H26N4O3/c1-2-3-4-11(12(18)19)16-13(20)15-7-10-17-8-5-14-6-9-17/h11,14H,2-10H2,1H3,(H,18,19)(H2,15,16,20). The van der Waals surface area contributed by atoms with E-state index in [1.165, 1.54) is 0 Å². The summed E-state index contributed by atoms with van der Waals surface area (Å²) in [4.78, 5) is 24.9. The number of carboxylic acids is 1. The van der Waals surface area contributed by atoms with Crippen molar-refractivity contribution in [3.05, 3.63) is 0 Å². The Kier molecular flexibility index (Phi) is 7.98. The van der Waals surface area contributed by atoms with Gasteiger partial charge in [-0.05, 0) is 6.42 Å². The molecule has 1 rings (SSSR count). The van der Waals surface area contributed by atoms with Crippen LogP contribution in [0.25, 0.3) is 0 Å². The number of rotatable bonds is 8. The van der Waals surface area contributed by atoms with Gasteiger partial charge in [0.2, 0.25) is 0 Å². The molecule has 7 nitrogen and oxygen atoms in total. The van der Waals surface area contributed by atoms with Gasteiger partial charge in [-0.2, -0.15) is 0 Å². The van der Waals surface area contributed by atoms with Gasteiger partial charge in [0.1, 0.15) is 6.04 Å². The fourth-order valence-electron chi connectivity index (χ4n) is 2.14. The number of carbonyl (C=O) groups excluding carboxylic acids is 1. The molecular formula is C13H26N4O3. The lowest BCUT2D eigenvalue weighted by Crippen LogP contribution is -2.49. The first-order valence-corrected chi connectivity index (χ1v) is 7.33. The summed E-state index contributed by atoms with van der Waals surface area (Å²) in [5.41, 5.74) is 0. The number of unbranched alkanes of at least 4 members (excludes halogenated alkanes) is 1. The predicted octanol–water partition coefficient (Wildman–Crippen LogP) is -0.166. The van der Waals surface area contributed by atoms with Crippen LogP contribution in [0, 0.1) is 0 Å². The van der Waals surface area contributed by atoms with Crippen molar-refractivity contribution in [3.63, 3.8) is 0 Å². The number of urea groups is 1. The Bertz CT molecular complexity index is 306. The molecule has 0 aliphatic carbocycles. The maximum atomic E-state index is 11.6. The van der Waals surface area contributed by atoms with Crippen molar-refractivity contribution in [3.8, 4) is 0 Å². The van der Waals surface area contributed by atoms with Crippen molar-refractivity contribution in [2.75, 3.05) is 39.3 Å². The molecule has 2 amide bonds. The fraction of sp³-hybridized carbons (Fsp3) is 0.846. The van der Waals surface area contributed by atoms with Gasteiger partial charge in [-0.15, -0.1) is 0 Å². The second-order valence-electron chi connectivity index (χ2n) is 5.02. The summed E-state index contributed by atoms with van der Waals surface area (Å²) >= 11 is 0. The van der Waals surface area contributed by atoms with Crippen LogP contribution < -0.4 is 16.0 Å². The normalized spacial score (nSPS) is 17.4. The van der Waals surface area contributed by atoms with Gasteiger partial charge < -0.3 is 21.1 Å². The van der Waals surface area contributed by atoms with E-state index in [1.54, 1.807) is 0 Å². The Balaban J connectivity index is 2.18. The molecule has 0 aromatic rings. The van der Waals surface area contributed by atoms with Gasteiger partial charge in [0.05, 0.1) is 0 Å². The molecule has 7 heteroatoms. The van der Waals surface area contributed by atoms with E-state index in [0.29, 0.717) is 13.0 Å². The van der Waals surface area contributed by atoms with Crippen LogP contribution >= 0.6 is 0 Å². The van der Waals surface area contributed by atoms with Crippen LogP contribution in [0.1, 0.15) is 26.2 Å². The highest BCUT2D eigenvalue weighted by molar-refractivity contribution is 5.82. The van der Waals surface area contributed by atoms with Crippen molar-refractivity contribution in [1.82, 2.24) is 20.9 Å². The summed E-state index contributed by atoms with van der Waals surface area (Å²) in [5, 5.41) is 17.5. The Hall–Kier alpha value is -1.34. The second kappa shape index (κ2) is 9.55. The highest BCUT2D eigenvalue weighted by Gasteiger charge is 2.19. The number of hydrogen-bond acceptors (Lipinski definition) is 4. The van der Waals surface area contributed by atoms with Crippen molar-refractivity contribution in [1.29, 1.82) is 0 Å². The smallest absolute Gasteiger partial charge is 0.326 e. The van der Waals surface area contributed by atoms with E-state index in [-0.39, 0.29) is 0 Å². The molecule has 20 heavy (non-hydrogen) atoms. The van der Waals surface area contributed by atoms with Gasteiger partial charge in [-0.1, -0.05) is 19.8 Å². The zero-order valence-electron chi connectivity index (χ0n) is 12.2. The summed E-state index contributed by atoms with van der Waals surface area (Å²) in [7, 11) is 0. The SMILES string of the molecule is CCCCC(NC(=O)NCCN1CCNCC1)C(=O)O. The van der Waals surface area contributed by atoms with E-state index in [0.717, 1.165) is 45.6 Å². The van der Waals surface area contributed by atoms with Gasteiger partial charge in [0, 0.05) is 39.3 Å². The quantitative estimate of drug-likeness (QED) is 0.497. The van der Waals surface area contributed by atoms with E-state index in [9.17, 15) is 9.59 Å². The van der Waals surface area contributed by atoms with Gasteiger partial charge in [0.25, 0.3) is 0 Å². The fourth-order valence-corrected chi connectivity index (χ4v) is 2.14. The lowest BCUT2D eigenvalue weighted by molar-refractivity contribution is -0.139. The Morgan fingerprint density at radius 3 is 2.65 bits per heavy atom. The Morgan fingerprint density at radius 2 is 2.05 bits per heavy atom. The number of nitrogens with one attached hydrogen (secondary N) is 3. The molecule has 0 aromatic carbocycles. The molecule has 0 spiro atoms. The average molecular weight is 286 g/mol. The minimum absolute atomic E-state index is 0.399. The largest absolute Gasteiger partial charge is 0.480 e. The molecule has 1 saturated heterocycles. The third kappa shape index (κ3) is 6.72. The molecule has 0 saturated carbocycles. The zero-order chi connectivity index (χ0) is 14.8. The van der Waals surface area contributed by atoms with Crippen LogP contribution in [0.4, 0.5) is 4.79 Å². The Morgan fingerprint density at radius 1 is 1.35 bits per heavy atom. The summed E-state index contributed by atoms with van der Waals surface area (Å²) in [6, 6.07) is -1.20. The van der Waals surface area contributed by atoms with Crippen LogP contribution in [-0.4, -0.2) is 67.3 Å². The third-order valence-electron chi connectivity index (χ3n) is 3.37. The highest BCUT2D eigenvalue weighted by atomic mass is 16.4. The summed E-state index contributed by atoms with van der Waals surface area (Å²) in [6.45, 7) is 7.24. The number of hydrogen-bond donors (Lipinski definition) is 4. The van der Waals surface area contributed by atoms with Gasteiger partial charge in [-0.25, -0.2) is 9.59 Å². The summed E-state index contributed by atoms with van der Waals surface area (Å²) in [6.07, 6.45) is 2.17. The molecule has 1 atom stereocenters. The number of amides is 2. The number of piperazine rings is 1. The first-order valence-electron chi connectivity index (χ1n) is 7.33. The average Bonchev–Trinajstić information content (AvgIpc) is 2.44. The van der Waals surface area contributed by atoms with E-state index in [2.05, 4.69) is 20.9 Å². The minimum atomic E-state index is -0.976. The third-order valence-corrected chi connectivity index (χ3v) is 3.37. The van der Waals surface area contributed by atoms with Crippen LogP contribution in [0.5, 0.6) is 0 Å². The van der Waals surface area contributed by atoms with Crippen molar-refractivity contribution >= 4 is 12.0 Å². The molecule has 1 unspecified atom stereocenters. The molecule has 0 radical (unpaired) electrons. The van der Waals surface area contributed by atoms with Crippen molar-refractivity contribution in [2.45, 2.75) is 32.2 Å². The summed E-state index contributed by atoms with van der Waals surface area (Å²) < 4.78 is 0. The van der Waals surface area contributed by atoms with Gasteiger partial charge in [0.15, 0.2) is 0 Å². The van der Waals surface area contributed by atoms with Crippen molar-refractivity contribution < 1.29 is 14.7 Å². The summed E-state index contributed by atoms with van der Waals surface area (Å²) in [5.74, 6) is -0.976. The van der Waals surface area contributed by atoms with E-state index >= 15 is 0 Å². The number of carbonyl (C=O) groups is 2. The molecule has 1 aliphatic rings. The van der Waals surface area contributed by atoms with E-state index in [1.807, 2.05) is 6.92 Å². The number of aliphatic carboxylic acids is 1. The molecule has 0 bridgehead atoms. The highest BCUT2D eigenvalue weighted by Crippen LogP contribution is 2.00. The Labute approximate surface area is 120 Å². The molecule has 1 heterocycles. The van der Waals surface area contributed by atoms with E-state index in [4.69, 9.17) is 5.11 Å². The lowest BCUT2D eigenvalue weighted by Gasteiger charge is -2.27. The van der Waals surface area contributed by atoms with Crippen molar-refractivity contribution in [2.24, 2.45) is 0 Å². The zero-order valence-corrected chi connectivity index (χ0v) is 12.2. The first kappa shape index (κ1) is 16.7. The van der Waals surface area contributed by atoms with Crippen LogP contribution in [0.15, 0.2) is 0 Å². The second-order valence-corrected chi connectivity index (χ2v) is 5.02. The van der Waals surface area contributed by atoms with Gasteiger partial charge in [-0.3, -0.25) is 4.90 Å². The lowest BCUT2D eigenvalue weighted by atomic mass is 10.1. The predicted molar refractivity (Wildman–Crippen MR) is 76.8 cm³/mol. The topological polar surface area (TPSA) is 93.7 Å². The van der Waals surface area contributed by atoms with Crippen LogP contribution in [0.2, 0.25) is 0 Å². The maximum absolute atomic E-state index is 11.6. The molecule has 0 aromatic heterocycles.